The van der Waals surface area contributed by atoms with Crippen molar-refractivity contribution in [1.82, 2.24) is 10.3 Å². The summed E-state index contributed by atoms with van der Waals surface area (Å²) in [6.45, 7) is 0.407. The van der Waals surface area contributed by atoms with E-state index in [0.717, 1.165) is 11.1 Å². The highest BCUT2D eigenvalue weighted by Crippen LogP contribution is 2.03. The summed E-state index contributed by atoms with van der Waals surface area (Å²) < 4.78 is 12.7. The zero-order valence-electron chi connectivity index (χ0n) is 9.77. The average Bonchev–Trinajstić information content (AvgIpc) is 2.39. The fraction of sp³-hybridized carbons (Fsp3) is 0.143. The molecule has 18 heavy (non-hydrogen) atoms. The second kappa shape index (κ2) is 5.91. The lowest BCUT2D eigenvalue weighted by Crippen LogP contribution is -2.24. The number of carbonyl (C=O) groups is 1. The monoisotopic (exact) mass is 244 g/mol. The number of hydrogen-bond acceptors (Lipinski definition) is 2. The summed E-state index contributed by atoms with van der Waals surface area (Å²) >= 11 is 0. The highest BCUT2D eigenvalue weighted by atomic mass is 19.1. The van der Waals surface area contributed by atoms with Crippen molar-refractivity contribution in [3.05, 3.63) is 65.7 Å². The first kappa shape index (κ1) is 12.2. The maximum absolute atomic E-state index is 12.7. The van der Waals surface area contributed by atoms with Gasteiger partial charge in [-0.2, -0.15) is 0 Å². The van der Waals surface area contributed by atoms with Gasteiger partial charge in [0.05, 0.1) is 6.42 Å². The molecular weight excluding hydrogens is 231 g/mol. The second-order valence-corrected chi connectivity index (χ2v) is 3.94. The van der Waals surface area contributed by atoms with E-state index in [2.05, 4.69) is 10.3 Å². The number of amides is 1. The molecule has 0 fully saturated rings. The predicted molar refractivity (Wildman–Crippen MR) is 66.2 cm³/mol. The number of pyridine rings is 1. The number of hydrogen-bond donors (Lipinski definition) is 1. The van der Waals surface area contributed by atoms with Crippen LogP contribution in [0.5, 0.6) is 0 Å². The fourth-order valence-corrected chi connectivity index (χ4v) is 1.55. The third kappa shape index (κ3) is 3.66. The van der Waals surface area contributed by atoms with Crippen molar-refractivity contribution >= 4 is 5.91 Å². The number of nitrogens with one attached hydrogen (secondary N) is 1. The third-order valence-corrected chi connectivity index (χ3v) is 2.52. The highest BCUT2D eigenvalue weighted by Gasteiger charge is 2.02. The standard InChI is InChI=1S/C14H13FN2O/c15-13-3-1-12(2-4-13)10-17-14(18)9-11-5-7-16-8-6-11/h1-8H,9-10H2,(H,17,18). The van der Waals surface area contributed by atoms with Crippen LogP contribution in [0, 0.1) is 5.82 Å². The summed E-state index contributed by atoms with van der Waals surface area (Å²) in [5.41, 5.74) is 1.79. The molecule has 3 nitrogen and oxygen atoms in total. The Balaban J connectivity index is 1.83. The summed E-state index contributed by atoms with van der Waals surface area (Å²) in [7, 11) is 0. The van der Waals surface area contributed by atoms with E-state index < -0.39 is 0 Å². The smallest absolute Gasteiger partial charge is 0.224 e. The Morgan fingerprint density at radius 1 is 1.06 bits per heavy atom. The first-order valence-electron chi connectivity index (χ1n) is 5.64. The molecule has 0 saturated heterocycles. The van der Waals surface area contributed by atoms with Crippen LogP contribution in [0.1, 0.15) is 11.1 Å². The predicted octanol–water partition coefficient (Wildman–Crippen LogP) is 2.08. The molecule has 0 unspecified atom stereocenters. The van der Waals surface area contributed by atoms with Crippen LogP contribution in [0.3, 0.4) is 0 Å². The van der Waals surface area contributed by atoms with Gasteiger partial charge in [-0.05, 0) is 35.4 Å². The van der Waals surface area contributed by atoms with Gasteiger partial charge in [0.2, 0.25) is 5.91 Å². The number of aromatic nitrogens is 1. The van der Waals surface area contributed by atoms with Gasteiger partial charge in [-0.3, -0.25) is 9.78 Å². The molecule has 0 aliphatic rings. The van der Waals surface area contributed by atoms with E-state index in [4.69, 9.17) is 0 Å². The van der Waals surface area contributed by atoms with Crippen LogP contribution in [0.4, 0.5) is 4.39 Å². The minimum atomic E-state index is -0.276. The van der Waals surface area contributed by atoms with Crippen LogP contribution in [0.25, 0.3) is 0 Å². The van der Waals surface area contributed by atoms with Crippen LogP contribution in [-0.2, 0) is 17.8 Å². The summed E-state index contributed by atoms with van der Waals surface area (Å²) in [6.07, 6.45) is 3.63. The van der Waals surface area contributed by atoms with Crippen LogP contribution in [0.15, 0.2) is 48.8 Å². The van der Waals surface area contributed by atoms with Crippen LogP contribution >= 0.6 is 0 Å². The SMILES string of the molecule is O=C(Cc1ccncc1)NCc1ccc(F)cc1. The Morgan fingerprint density at radius 2 is 1.72 bits per heavy atom. The number of nitrogens with zero attached hydrogens (tertiary/aromatic N) is 1. The lowest BCUT2D eigenvalue weighted by atomic mass is 10.2. The molecule has 2 rings (SSSR count). The fourth-order valence-electron chi connectivity index (χ4n) is 1.55. The Kier molecular flexibility index (Phi) is 4.02. The summed E-state index contributed by atoms with van der Waals surface area (Å²) in [5, 5.41) is 2.79. The van der Waals surface area contributed by atoms with Crippen molar-refractivity contribution in [3.63, 3.8) is 0 Å². The van der Waals surface area contributed by atoms with E-state index in [9.17, 15) is 9.18 Å². The van der Waals surface area contributed by atoms with Gasteiger partial charge < -0.3 is 5.32 Å². The van der Waals surface area contributed by atoms with Gasteiger partial charge >= 0.3 is 0 Å². The number of benzene rings is 1. The molecule has 1 amide bonds. The molecule has 2 aromatic rings. The van der Waals surface area contributed by atoms with Crippen LogP contribution < -0.4 is 5.32 Å². The van der Waals surface area contributed by atoms with E-state index in [1.807, 2.05) is 0 Å². The van der Waals surface area contributed by atoms with Crippen molar-refractivity contribution < 1.29 is 9.18 Å². The molecule has 0 bridgehead atoms. The summed E-state index contributed by atoms with van der Waals surface area (Å²) in [5.74, 6) is -0.340. The van der Waals surface area contributed by atoms with Gasteiger partial charge in [0.1, 0.15) is 5.82 Å². The van der Waals surface area contributed by atoms with Crippen molar-refractivity contribution in [1.29, 1.82) is 0 Å². The first-order chi connectivity index (χ1) is 8.74. The zero-order valence-corrected chi connectivity index (χ0v) is 9.77. The van der Waals surface area contributed by atoms with Gasteiger partial charge in [-0.15, -0.1) is 0 Å². The quantitative estimate of drug-likeness (QED) is 0.894. The highest BCUT2D eigenvalue weighted by molar-refractivity contribution is 5.78. The Bertz CT molecular complexity index is 511. The molecule has 0 atom stereocenters. The Labute approximate surface area is 105 Å². The molecular formula is C14H13FN2O. The lowest BCUT2D eigenvalue weighted by Gasteiger charge is -2.05. The van der Waals surface area contributed by atoms with Gasteiger partial charge in [0.15, 0.2) is 0 Å². The summed E-state index contributed by atoms with van der Waals surface area (Å²) in [4.78, 5) is 15.5. The molecule has 0 spiro atoms. The normalized spacial score (nSPS) is 10.1. The molecule has 92 valence electrons. The van der Waals surface area contributed by atoms with E-state index in [1.165, 1.54) is 12.1 Å². The van der Waals surface area contributed by atoms with Crippen molar-refractivity contribution in [2.75, 3.05) is 0 Å². The topological polar surface area (TPSA) is 42.0 Å². The van der Waals surface area contributed by atoms with E-state index >= 15 is 0 Å². The molecule has 1 N–H and O–H groups in total. The molecule has 0 aliphatic heterocycles. The largest absolute Gasteiger partial charge is 0.352 e. The number of rotatable bonds is 4. The summed E-state index contributed by atoms with van der Waals surface area (Å²) in [6, 6.07) is 9.67. The molecule has 1 aromatic heterocycles. The molecule has 0 aliphatic carbocycles. The number of halogens is 1. The van der Waals surface area contributed by atoms with Gasteiger partial charge in [-0.25, -0.2) is 4.39 Å². The van der Waals surface area contributed by atoms with E-state index in [0.29, 0.717) is 13.0 Å². The zero-order chi connectivity index (χ0) is 12.8. The maximum Gasteiger partial charge on any atom is 0.224 e. The van der Waals surface area contributed by atoms with Gasteiger partial charge in [-0.1, -0.05) is 12.1 Å². The second-order valence-electron chi connectivity index (χ2n) is 3.94. The molecule has 0 radical (unpaired) electrons. The van der Waals surface area contributed by atoms with E-state index in [1.54, 1.807) is 36.7 Å². The first-order valence-corrected chi connectivity index (χ1v) is 5.64. The molecule has 0 saturated carbocycles. The minimum Gasteiger partial charge on any atom is -0.352 e. The van der Waals surface area contributed by atoms with Gasteiger partial charge in [0, 0.05) is 18.9 Å². The van der Waals surface area contributed by atoms with Gasteiger partial charge in [0.25, 0.3) is 0 Å². The van der Waals surface area contributed by atoms with Crippen molar-refractivity contribution in [2.45, 2.75) is 13.0 Å². The molecule has 1 heterocycles. The van der Waals surface area contributed by atoms with Crippen molar-refractivity contribution in [3.8, 4) is 0 Å². The average molecular weight is 244 g/mol. The molecule has 4 heteroatoms. The van der Waals surface area contributed by atoms with Crippen molar-refractivity contribution in [2.24, 2.45) is 0 Å². The third-order valence-electron chi connectivity index (χ3n) is 2.52. The maximum atomic E-state index is 12.7. The minimum absolute atomic E-state index is 0.0643. The van der Waals surface area contributed by atoms with Crippen LogP contribution in [0.2, 0.25) is 0 Å². The Morgan fingerprint density at radius 3 is 2.39 bits per heavy atom. The lowest BCUT2D eigenvalue weighted by molar-refractivity contribution is -0.120. The van der Waals surface area contributed by atoms with Crippen LogP contribution in [-0.4, -0.2) is 10.9 Å². The Hall–Kier alpha value is -2.23. The molecule has 1 aromatic carbocycles. The number of carbonyl (C=O) groups excluding carboxylic acids is 1. The van der Waals surface area contributed by atoms with E-state index in [-0.39, 0.29) is 11.7 Å².